The van der Waals surface area contributed by atoms with Gasteiger partial charge in [-0.3, -0.25) is 4.55 Å². The molecule has 0 aromatic heterocycles. The maximum absolute atomic E-state index is 10.7. The summed E-state index contributed by atoms with van der Waals surface area (Å²) >= 11 is 0. The van der Waals surface area contributed by atoms with Crippen molar-refractivity contribution in [2.45, 2.75) is 123 Å². The van der Waals surface area contributed by atoms with Crippen LogP contribution in [-0.2, 0) is 19.6 Å². The molecular formula is C25H51O5PS. The van der Waals surface area contributed by atoms with E-state index in [-0.39, 0.29) is 18.6 Å². The monoisotopic (exact) mass is 494 g/mol. The van der Waals surface area contributed by atoms with Crippen LogP contribution in [0.4, 0.5) is 0 Å². The van der Waals surface area contributed by atoms with Crippen LogP contribution >= 0.6 is 9.24 Å². The van der Waals surface area contributed by atoms with E-state index in [0.29, 0.717) is 5.16 Å². The van der Waals surface area contributed by atoms with E-state index in [4.69, 9.17) is 4.55 Å². The zero-order chi connectivity index (χ0) is 25.0. The zero-order valence-corrected chi connectivity index (χ0v) is 23.4. The van der Waals surface area contributed by atoms with Gasteiger partial charge in [0.05, 0.1) is 12.4 Å². The van der Waals surface area contributed by atoms with Crippen LogP contribution in [0.2, 0.25) is 0 Å². The smallest absolute Gasteiger partial charge is 0.333 e. The Bertz CT molecular complexity index is 573. The molecule has 0 bridgehead atoms. The Morgan fingerprint density at radius 2 is 1.38 bits per heavy atom. The first-order valence-electron chi connectivity index (χ1n) is 12.5. The second-order valence-electron chi connectivity index (χ2n) is 8.98. The molecule has 32 heavy (non-hydrogen) atoms. The number of esters is 1. The van der Waals surface area contributed by atoms with Crippen molar-refractivity contribution in [3.05, 3.63) is 12.2 Å². The predicted octanol–water partition coefficient (Wildman–Crippen LogP) is 7.36. The maximum atomic E-state index is 10.7. The normalized spacial score (nSPS) is 11.8. The van der Waals surface area contributed by atoms with Crippen LogP contribution in [0.3, 0.4) is 0 Å². The zero-order valence-electron chi connectivity index (χ0n) is 21.5. The van der Waals surface area contributed by atoms with Gasteiger partial charge >= 0.3 is 5.97 Å². The standard InChI is InChI=1S/C18H39P.C7H12O5S/c1-5-9-13-17(14-10-6-2)18(19,15-11-7-3)16-12-8-4;1-6(2)7(8)12-4-3-5-13(9,10)11/h17H,5-16,19H2,1-4H3;1,3-5H2,2H3,(H,9,10,11). The Balaban J connectivity index is 0. The third-order valence-electron chi connectivity index (χ3n) is 5.75. The molecule has 0 aromatic carbocycles. The average molecular weight is 495 g/mol. The molecule has 0 saturated heterocycles. The molecule has 0 fully saturated rings. The third-order valence-corrected chi connectivity index (χ3v) is 7.60. The topological polar surface area (TPSA) is 80.7 Å². The number of unbranched alkanes of at least 4 members (excludes halogenated alkanes) is 4. The molecule has 0 spiro atoms. The number of carbonyl (C=O) groups excluding carboxylic acids is 1. The first-order valence-corrected chi connectivity index (χ1v) is 14.7. The molecule has 0 amide bonds. The largest absolute Gasteiger partial charge is 0.462 e. The van der Waals surface area contributed by atoms with Crippen molar-refractivity contribution in [3.63, 3.8) is 0 Å². The van der Waals surface area contributed by atoms with Crippen molar-refractivity contribution in [1.29, 1.82) is 0 Å². The van der Waals surface area contributed by atoms with E-state index < -0.39 is 21.8 Å². The molecule has 0 saturated carbocycles. The number of rotatable bonds is 18. The fraction of sp³-hybridized carbons (Fsp3) is 0.880. The van der Waals surface area contributed by atoms with Gasteiger partial charge < -0.3 is 4.74 Å². The molecular weight excluding hydrogens is 443 g/mol. The highest BCUT2D eigenvalue weighted by Crippen LogP contribution is 2.43. The molecule has 1 N–H and O–H groups in total. The van der Waals surface area contributed by atoms with Gasteiger partial charge in [-0.15, -0.1) is 9.24 Å². The average Bonchev–Trinajstić information content (AvgIpc) is 2.73. The summed E-state index contributed by atoms with van der Waals surface area (Å²) in [7, 11) is -0.635. The van der Waals surface area contributed by atoms with Gasteiger partial charge in [-0.05, 0) is 50.1 Å². The summed E-state index contributed by atoms with van der Waals surface area (Å²) in [5.74, 6) is -0.0259. The van der Waals surface area contributed by atoms with Crippen LogP contribution in [0, 0.1) is 5.92 Å². The minimum Gasteiger partial charge on any atom is -0.462 e. The van der Waals surface area contributed by atoms with E-state index in [2.05, 4.69) is 48.3 Å². The Hall–Kier alpha value is -0.450. The van der Waals surface area contributed by atoms with Crippen LogP contribution in [0.1, 0.15) is 118 Å². The predicted molar refractivity (Wildman–Crippen MR) is 141 cm³/mol. The molecule has 0 radical (unpaired) electrons. The van der Waals surface area contributed by atoms with Crippen LogP contribution < -0.4 is 0 Å². The van der Waals surface area contributed by atoms with E-state index in [1.54, 1.807) is 0 Å². The second-order valence-corrected chi connectivity index (χ2v) is 11.7. The first-order chi connectivity index (χ1) is 15.0. The van der Waals surface area contributed by atoms with E-state index in [0.717, 1.165) is 5.92 Å². The minimum atomic E-state index is -3.96. The fourth-order valence-electron chi connectivity index (χ4n) is 3.69. The molecule has 5 nitrogen and oxygen atoms in total. The van der Waals surface area contributed by atoms with Crippen LogP contribution in [0.25, 0.3) is 0 Å². The van der Waals surface area contributed by atoms with Crippen molar-refractivity contribution in [2.75, 3.05) is 12.4 Å². The number of ether oxygens (including phenoxy) is 1. The first kappa shape index (κ1) is 33.7. The lowest BCUT2D eigenvalue weighted by molar-refractivity contribution is -0.138. The lowest BCUT2D eigenvalue weighted by atomic mass is 9.77. The molecule has 0 aliphatic heterocycles. The van der Waals surface area contributed by atoms with Gasteiger partial charge in [-0.25, -0.2) is 4.79 Å². The van der Waals surface area contributed by atoms with Gasteiger partial charge in [0.1, 0.15) is 0 Å². The van der Waals surface area contributed by atoms with Gasteiger partial charge in [0, 0.05) is 5.57 Å². The van der Waals surface area contributed by atoms with E-state index in [1.807, 2.05) is 0 Å². The molecule has 0 aliphatic carbocycles. The third kappa shape index (κ3) is 19.1. The van der Waals surface area contributed by atoms with Gasteiger partial charge in [-0.2, -0.15) is 8.42 Å². The molecule has 7 heteroatoms. The van der Waals surface area contributed by atoms with Gasteiger partial charge in [-0.1, -0.05) is 85.6 Å². The Kier molecular flexibility index (Phi) is 21.0. The van der Waals surface area contributed by atoms with Crippen molar-refractivity contribution in [1.82, 2.24) is 0 Å². The molecule has 1 unspecified atom stereocenters. The van der Waals surface area contributed by atoms with Gasteiger partial charge in [0.2, 0.25) is 0 Å². The number of hydrogen-bond donors (Lipinski definition) is 1. The SMILES string of the molecule is C=C(C)C(=O)OCCCS(=O)(=O)O.CCCCC(CCCC)C(P)(CCCC)CCCC. The summed E-state index contributed by atoms with van der Waals surface area (Å²) in [6.07, 6.45) is 16.9. The summed E-state index contributed by atoms with van der Waals surface area (Å²) in [5, 5.41) is 0.538. The Morgan fingerprint density at radius 3 is 1.72 bits per heavy atom. The van der Waals surface area contributed by atoms with Crippen LogP contribution in [-0.4, -0.2) is 36.5 Å². The molecule has 0 heterocycles. The van der Waals surface area contributed by atoms with Gasteiger partial charge in [0.15, 0.2) is 0 Å². The van der Waals surface area contributed by atoms with Crippen LogP contribution in [0.5, 0.6) is 0 Å². The second kappa shape index (κ2) is 20.0. The highest BCUT2D eigenvalue weighted by atomic mass is 32.2. The van der Waals surface area contributed by atoms with Crippen molar-refractivity contribution < 1.29 is 22.5 Å². The number of carbonyl (C=O) groups is 1. The summed E-state index contributed by atoms with van der Waals surface area (Å²) in [6.45, 7) is 14.1. The summed E-state index contributed by atoms with van der Waals surface area (Å²) in [6, 6.07) is 0. The summed E-state index contributed by atoms with van der Waals surface area (Å²) in [4.78, 5) is 10.7. The lowest BCUT2D eigenvalue weighted by Crippen LogP contribution is -2.32. The Labute approximate surface area is 201 Å². The van der Waals surface area contributed by atoms with Gasteiger partial charge in [0.25, 0.3) is 10.1 Å². The highest BCUT2D eigenvalue weighted by Gasteiger charge is 2.32. The lowest BCUT2D eigenvalue weighted by Gasteiger charge is -2.38. The van der Waals surface area contributed by atoms with Crippen molar-refractivity contribution >= 4 is 25.3 Å². The van der Waals surface area contributed by atoms with E-state index >= 15 is 0 Å². The van der Waals surface area contributed by atoms with Crippen LogP contribution in [0.15, 0.2) is 12.2 Å². The Morgan fingerprint density at radius 1 is 0.938 bits per heavy atom. The van der Waals surface area contributed by atoms with E-state index in [9.17, 15) is 13.2 Å². The van der Waals surface area contributed by atoms with Crippen molar-refractivity contribution in [2.24, 2.45) is 5.92 Å². The fourth-order valence-corrected chi connectivity index (χ4v) is 4.92. The molecule has 0 rings (SSSR count). The quantitative estimate of drug-likeness (QED) is 0.0708. The highest BCUT2D eigenvalue weighted by molar-refractivity contribution is 7.85. The molecule has 192 valence electrons. The number of hydrogen-bond acceptors (Lipinski definition) is 4. The summed E-state index contributed by atoms with van der Waals surface area (Å²) in [5.41, 5.74) is 0.256. The summed E-state index contributed by atoms with van der Waals surface area (Å²) < 4.78 is 33.3. The van der Waals surface area contributed by atoms with Crippen molar-refractivity contribution in [3.8, 4) is 0 Å². The molecule has 1 atom stereocenters. The minimum absolute atomic E-state index is 0.0362. The molecule has 0 aliphatic rings. The van der Waals surface area contributed by atoms with E-state index in [1.165, 1.54) is 84.0 Å². The molecule has 0 aromatic rings. The maximum Gasteiger partial charge on any atom is 0.333 e.